The zero-order valence-corrected chi connectivity index (χ0v) is 18.0. The van der Waals surface area contributed by atoms with Crippen molar-refractivity contribution in [2.24, 2.45) is 0 Å². The minimum atomic E-state index is 0.0370. The maximum Gasteiger partial charge on any atom is 0.223 e. The third kappa shape index (κ3) is 4.09. The first-order valence-electron chi connectivity index (χ1n) is 11.3. The number of nitrogens with zero attached hydrogens (tertiary/aromatic N) is 1. The first-order valence-corrected chi connectivity index (χ1v) is 11.3. The van der Waals surface area contributed by atoms with Crippen LogP contribution in [-0.4, -0.2) is 16.8 Å². The molecule has 0 aromatic heterocycles. The van der Waals surface area contributed by atoms with Gasteiger partial charge in [0.1, 0.15) is 0 Å². The van der Waals surface area contributed by atoms with Gasteiger partial charge in [-0.25, -0.2) is 0 Å². The summed E-state index contributed by atoms with van der Waals surface area (Å²) in [5.74, 6) is 0.458. The zero-order chi connectivity index (χ0) is 21.8. The molecule has 5 rings (SSSR count). The molecule has 0 spiro atoms. The van der Waals surface area contributed by atoms with Gasteiger partial charge in [0.05, 0.1) is 6.04 Å². The van der Waals surface area contributed by atoms with Crippen LogP contribution in [-0.2, 0) is 11.3 Å². The molecule has 0 unspecified atom stereocenters. The third-order valence-electron chi connectivity index (χ3n) is 6.57. The lowest BCUT2D eigenvalue weighted by atomic mass is 9.77. The Kier molecular flexibility index (Phi) is 5.85. The zero-order valence-electron chi connectivity index (χ0n) is 18.0. The van der Waals surface area contributed by atoms with Gasteiger partial charge in [0.2, 0.25) is 5.91 Å². The first-order chi connectivity index (χ1) is 15.8. The van der Waals surface area contributed by atoms with E-state index in [1.165, 1.54) is 22.3 Å². The lowest BCUT2D eigenvalue weighted by Gasteiger charge is -2.36. The topological polar surface area (TPSA) is 20.3 Å². The summed E-state index contributed by atoms with van der Waals surface area (Å²) in [6.07, 6.45) is 0.539. The van der Waals surface area contributed by atoms with E-state index in [2.05, 4.69) is 102 Å². The molecule has 0 N–H and O–H groups in total. The van der Waals surface area contributed by atoms with E-state index in [1.54, 1.807) is 0 Å². The molecule has 2 atom stereocenters. The van der Waals surface area contributed by atoms with Gasteiger partial charge in [-0.2, -0.15) is 0 Å². The fraction of sp³-hybridized carbons (Fsp3) is 0.167. The minimum Gasteiger partial charge on any atom is -0.334 e. The summed E-state index contributed by atoms with van der Waals surface area (Å²) < 4.78 is 0. The number of carbonyl (C=O) groups is 1. The quantitative estimate of drug-likeness (QED) is 0.355. The van der Waals surface area contributed by atoms with Gasteiger partial charge in [-0.1, -0.05) is 121 Å². The molecule has 158 valence electrons. The molecule has 4 aromatic carbocycles. The first kappa shape index (κ1) is 20.3. The second-order valence-electron chi connectivity index (χ2n) is 8.52. The van der Waals surface area contributed by atoms with Crippen LogP contribution in [0.2, 0.25) is 0 Å². The Bertz CT molecular complexity index is 1100. The number of rotatable bonds is 6. The number of hydrogen-bond donors (Lipinski definition) is 0. The molecule has 1 heterocycles. The van der Waals surface area contributed by atoms with Crippen molar-refractivity contribution in [1.82, 2.24) is 4.90 Å². The molecule has 0 aliphatic carbocycles. The fourth-order valence-electron chi connectivity index (χ4n) is 5.12. The van der Waals surface area contributed by atoms with Crippen LogP contribution in [0.5, 0.6) is 0 Å². The summed E-state index contributed by atoms with van der Waals surface area (Å²) in [6, 6.07) is 42.2. The largest absolute Gasteiger partial charge is 0.334 e. The highest BCUT2D eigenvalue weighted by molar-refractivity contribution is 5.81. The van der Waals surface area contributed by atoms with E-state index >= 15 is 0 Å². The molecule has 4 aromatic rings. The van der Waals surface area contributed by atoms with E-state index in [-0.39, 0.29) is 23.8 Å². The lowest BCUT2D eigenvalue weighted by Crippen LogP contribution is -2.39. The van der Waals surface area contributed by atoms with Gasteiger partial charge in [-0.15, -0.1) is 0 Å². The molecular weight excluding hydrogens is 390 g/mol. The van der Waals surface area contributed by atoms with Crippen LogP contribution >= 0.6 is 0 Å². The molecule has 1 saturated heterocycles. The molecule has 0 radical (unpaired) electrons. The van der Waals surface area contributed by atoms with Crippen molar-refractivity contribution >= 4 is 5.91 Å². The SMILES string of the molecule is O=C1C[C@H](c2ccccc2)[C@@H](C(c2ccccc2)c2ccccc2)N1Cc1ccccc1. The summed E-state index contributed by atoms with van der Waals surface area (Å²) in [5.41, 5.74) is 4.90. The number of benzene rings is 4. The van der Waals surface area contributed by atoms with E-state index in [1.807, 2.05) is 24.3 Å². The highest BCUT2D eigenvalue weighted by Gasteiger charge is 2.45. The standard InChI is InChI=1S/C30H27NO/c32-28-21-27(24-15-7-2-8-16-24)30(31(28)22-23-13-5-1-6-14-23)29(25-17-9-3-10-18-25)26-19-11-4-12-20-26/h1-20,27,29-30H,21-22H2/t27-,30+/m1/s1. The molecule has 1 aliphatic rings. The third-order valence-corrected chi connectivity index (χ3v) is 6.57. The second-order valence-corrected chi connectivity index (χ2v) is 8.52. The van der Waals surface area contributed by atoms with E-state index < -0.39 is 0 Å². The Balaban J connectivity index is 1.64. The maximum atomic E-state index is 13.5. The molecule has 2 nitrogen and oxygen atoms in total. The summed E-state index contributed by atoms with van der Waals surface area (Å²) in [7, 11) is 0. The molecule has 0 bridgehead atoms. The normalized spacial score (nSPS) is 18.3. The molecule has 0 saturated carbocycles. The Morgan fingerprint density at radius 3 is 1.66 bits per heavy atom. The van der Waals surface area contributed by atoms with Crippen LogP contribution in [0, 0.1) is 0 Å². The van der Waals surface area contributed by atoms with Gasteiger partial charge in [-0.3, -0.25) is 4.79 Å². The van der Waals surface area contributed by atoms with Gasteiger partial charge >= 0.3 is 0 Å². The number of carbonyl (C=O) groups excluding carboxylic acids is 1. The highest BCUT2D eigenvalue weighted by Crippen LogP contribution is 2.45. The fourth-order valence-corrected chi connectivity index (χ4v) is 5.12. The van der Waals surface area contributed by atoms with Crippen molar-refractivity contribution in [3.05, 3.63) is 144 Å². The Morgan fingerprint density at radius 1 is 0.656 bits per heavy atom. The Labute approximate surface area is 190 Å². The Hall–Kier alpha value is -3.65. The van der Waals surface area contributed by atoms with Crippen LogP contribution in [0.25, 0.3) is 0 Å². The number of hydrogen-bond acceptors (Lipinski definition) is 1. The van der Waals surface area contributed by atoms with E-state index in [0.29, 0.717) is 13.0 Å². The van der Waals surface area contributed by atoms with Crippen molar-refractivity contribution < 1.29 is 4.79 Å². The molecule has 1 aliphatic heterocycles. The van der Waals surface area contributed by atoms with Gasteiger partial charge in [-0.05, 0) is 22.3 Å². The monoisotopic (exact) mass is 417 g/mol. The number of amides is 1. The molecule has 1 fully saturated rings. The average molecular weight is 418 g/mol. The predicted molar refractivity (Wildman–Crippen MR) is 129 cm³/mol. The summed E-state index contributed by atoms with van der Waals surface area (Å²) in [6.45, 7) is 0.629. The summed E-state index contributed by atoms with van der Waals surface area (Å²) in [4.78, 5) is 15.6. The molecule has 32 heavy (non-hydrogen) atoms. The predicted octanol–water partition coefficient (Wildman–Crippen LogP) is 6.40. The van der Waals surface area contributed by atoms with Crippen LogP contribution in [0.4, 0.5) is 0 Å². The molecule has 1 amide bonds. The van der Waals surface area contributed by atoms with Crippen molar-refractivity contribution in [1.29, 1.82) is 0 Å². The second kappa shape index (κ2) is 9.23. The summed E-state index contributed by atoms with van der Waals surface area (Å²) >= 11 is 0. The van der Waals surface area contributed by atoms with E-state index in [4.69, 9.17) is 0 Å². The van der Waals surface area contributed by atoms with E-state index in [9.17, 15) is 4.79 Å². The van der Waals surface area contributed by atoms with Crippen LogP contribution in [0.15, 0.2) is 121 Å². The van der Waals surface area contributed by atoms with Gasteiger partial charge in [0, 0.05) is 24.8 Å². The maximum absolute atomic E-state index is 13.5. The van der Waals surface area contributed by atoms with Gasteiger partial charge in [0.25, 0.3) is 0 Å². The highest BCUT2D eigenvalue weighted by atomic mass is 16.2. The minimum absolute atomic E-state index is 0.0370. The molecule has 2 heteroatoms. The smallest absolute Gasteiger partial charge is 0.223 e. The van der Waals surface area contributed by atoms with Crippen molar-refractivity contribution in [2.45, 2.75) is 30.8 Å². The van der Waals surface area contributed by atoms with E-state index in [0.717, 1.165) is 0 Å². The Morgan fingerprint density at radius 2 is 1.12 bits per heavy atom. The van der Waals surface area contributed by atoms with Crippen molar-refractivity contribution in [3.63, 3.8) is 0 Å². The van der Waals surface area contributed by atoms with Crippen LogP contribution < -0.4 is 0 Å². The van der Waals surface area contributed by atoms with Crippen molar-refractivity contribution in [3.8, 4) is 0 Å². The van der Waals surface area contributed by atoms with Crippen LogP contribution in [0.3, 0.4) is 0 Å². The van der Waals surface area contributed by atoms with Gasteiger partial charge in [0.15, 0.2) is 0 Å². The summed E-state index contributed by atoms with van der Waals surface area (Å²) in [5, 5.41) is 0. The van der Waals surface area contributed by atoms with Crippen LogP contribution in [0.1, 0.15) is 40.5 Å². The van der Waals surface area contributed by atoms with Crippen molar-refractivity contribution in [2.75, 3.05) is 0 Å². The van der Waals surface area contributed by atoms with Gasteiger partial charge < -0.3 is 4.90 Å². The molecular formula is C30H27NO. The average Bonchev–Trinajstić information content (AvgIpc) is 3.17. The number of likely N-dealkylation sites (tertiary alicyclic amines) is 1. The lowest BCUT2D eigenvalue weighted by molar-refractivity contribution is -0.129.